The van der Waals surface area contributed by atoms with Crippen LogP contribution in [0.5, 0.6) is 0 Å². The Balaban J connectivity index is 1.68. The SMILES string of the molecule is O=C([C@@H]1CCCCN1)N(Cc1ccccn1)C1CC1. The summed E-state index contributed by atoms with van der Waals surface area (Å²) in [5.74, 6) is 0.271. The zero-order chi connectivity index (χ0) is 13.1. The lowest BCUT2D eigenvalue weighted by atomic mass is 10.0. The number of pyridine rings is 1. The maximum atomic E-state index is 12.6. The molecule has 1 saturated carbocycles. The van der Waals surface area contributed by atoms with Gasteiger partial charge in [-0.25, -0.2) is 0 Å². The molecule has 1 saturated heterocycles. The minimum atomic E-state index is 0.0260. The van der Waals surface area contributed by atoms with E-state index in [1.807, 2.05) is 23.1 Å². The number of piperidine rings is 1. The lowest BCUT2D eigenvalue weighted by Gasteiger charge is -2.30. The lowest BCUT2D eigenvalue weighted by molar-refractivity contribution is -0.135. The maximum absolute atomic E-state index is 12.6. The van der Waals surface area contributed by atoms with E-state index >= 15 is 0 Å². The predicted molar refractivity (Wildman–Crippen MR) is 73.5 cm³/mol. The van der Waals surface area contributed by atoms with E-state index in [4.69, 9.17) is 0 Å². The normalized spacial score (nSPS) is 23.1. The molecule has 1 amide bonds. The molecule has 1 aliphatic heterocycles. The second-order valence-electron chi connectivity index (χ2n) is 5.52. The molecule has 0 radical (unpaired) electrons. The summed E-state index contributed by atoms with van der Waals surface area (Å²) < 4.78 is 0. The number of aromatic nitrogens is 1. The molecule has 2 heterocycles. The van der Waals surface area contributed by atoms with Crippen molar-refractivity contribution >= 4 is 5.91 Å². The fourth-order valence-electron chi connectivity index (χ4n) is 2.70. The number of hydrogen-bond donors (Lipinski definition) is 1. The van der Waals surface area contributed by atoms with Crippen molar-refractivity contribution in [1.82, 2.24) is 15.2 Å². The summed E-state index contributed by atoms with van der Waals surface area (Å²) in [6, 6.07) is 6.36. The highest BCUT2D eigenvalue weighted by atomic mass is 16.2. The van der Waals surface area contributed by atoms with E-state index < -0.39 is 0 Å². The average molecular weight is 259 g/mol. The van der Waals surface area contributed by atoms with E-state index in [1.165, 1.54) is 6.42 Å². The van der Waals surface area contributed by atoms with Gasteiger partial charge in [0, 0.05) is 12.2 Å². The van der Waals surface area contributed by atoms with E-state index in [1.54, 1.807) is 6.20 Å². The van der Waals surface area contributed by atoms with Crippen LogP contribution in [0.25, 0.3) is 0 Å². The van der Waals surface area contributed by atoms with Crippen molar-refractivity contribution in [3.63, 3.8) is 0 Å². The summed E-state index contributed by atoms with van der Waals surface area (Å²) in [4.78, 5) is 19.0. The standard InChI is InChI=1S/C15H21N3O/c19-15(14-6-2-4-10-17-14)18(13-7-8-13)11-12-5-1-3-9-16-12/h1,3,5,9,13-14,17H,2,4,6-8,10-11H2/t14-/m0/s1. The number of nitrogens with zero attached hydrogens (tertiary/aromatic N) is 2. The van der Waals surface area contributed by atoms with Gasteiger partial charge in [-0.2, -0.15) is 0 Å². The van der Waals surface area contributed by atoms with E-state index in [0.29, 0.717) is 12.6 Å². The van der Waals surface area contributed by atoms with Crippen LogP contribution in [-0.2, 0) is 11.3 Å². The Hall–Kier alpha value is -1.42. The maximum Gasteiger partial charge on any atom is 0.240 e. The second-order valence-corrected chi connectivity index (χ2v) is 5.52. The number of hydrogen-bond acceptors (Lipinski definition) is 3. The van der Waals surface area contributed by atoms with Crippen molar-refractivity contribution in [1.29, 1.82) is 0 Å². The van der Waals surface area contributed by atoms with Crippen molar-refractivity contribution in [3.05, 3.63) is 30.1 Å². The number of rotatable bonds is 4. The molecule has 1 N–H and O–H groups in total. The molecule has 1 aromatic heterocycles. The van der Waals surface area contributed by atoms with Crippen LogP contribution in [-0.4, -0.2) is 34.4 Å². The molecule has 0 unspecified atom stereocenters. The van der Waals surface area contributed by atoms with Crippen LogP contribution in [0, 0.1) is 0 Å². The van der Waals surface area contributed by atoms with Gasteiger partial charge in [0.2, 0.25) is 5.91 Å². The summed E-state index contributed by atoms with van der Waals surface area (Å²) in [6.45, 7) is 1.63. The van der Waals surface area contributed by atoms with Crippen molar-refractivity contribution in [3.8, 4) is 0 Å². The van der Waals surface area contributed by atoms with Gasteiger partial charge in [0.05, 0.1) is 18.3 Å². The molecule has 4 nitrogen and oxygen atoms in total. The molecule has 4 heteroatoms. The Kier molecular flexibility index (Phi) is 3.78. The molecule has 1 atom stereocenters. The molecule has 2 fully saturated rings. The van der Waals surface area contributed by atoms with Crippen LogP contribution in [0.4, 0.5) is 0 Å². The number of nitrogens with one attached hydrogen (secondary N) is 1. The lowest BCUT2D eigenvalue weighted by Crippen LogP contribution is -2.49. The molecular formula is C15H21N3O. The number of carbonyl (C=O) groups excluding carboxylic acids is 1. The highest BCUT2D eigenvalue weighted by Crippen LogP contribution is 2.29. The van der Waals surface area contributed by atoms with Crippen LogP contribution in [0.3, 0.4) is 0 Å². The van der Waals surface area contributed by atoms with Gasteiger partial charge in [-0.3, -0.25) is 9.78 Å². The minimum absolute atomic E-state index is 0.0260. The summed E-state index contributed by atoms with van der Waals surface area (Å²) >= 11 is 0. The first-order chi connectivity index (χ1) is 9.34. The molecule has 0 aromatic carbocycles. The van der Waals surface area contributed by atoms with Gasteiger partial charge in [-0.05, 0) is 44.4 Å². The van der Waals surface area contributed by atoms with Crippen LogP contribution < -0.4 is 5.32 Å². The van der Waals surface area contributed by atoms with Gasteiger partial charge in [-0.1, -0.05) is 12.5 Å². The van der Waals surface area contributed by atoms with Gasteiger partial charge < -0.3 is 10.2 Å². The zero-order valence-electron chi connectivity index (χ0n) is 11.2. The van der Waals surface area contributed by atoms with E-state index in [9.17, 15) is 4.79 Å². The third-order valence-corrected chi connectivity index (χ3v) is 3.94. The summed E-state index contributed by atoms with van der Waals surface area (Å²) in [7, 11) is 0. The molecule has 19 heavy (non-hydrogen) atoms. The Morgan fingerprint density at radius 3 is 2.84 bits per heavy atom. The van der Waals surface area contributed by atoms with Crippen molar-refractivity contribution in [2.24, 2.45) is 0 Å². The van der Waals surface area contributed by atoms with Gasteiger partial charge in [0.1, 0.15) is 0 Å². The topological polar surface area (TPSA) is 45.2 Å². The fraction of sp³-hybridized carbons (Fsp3) is 0.600. The van der Waals surface area contributed by atoms with Crippen molar-refractivity contribution < 1.29 is 4.79 Å². The Morgan fingerprint density at radius 1 is 1.32 bits per heavy atom. The Morgan fingerprint density at radius 2 is 2.21 bits per heavy atom. The summed E-state index contributed by atoms with van der Waals surface area (Å²) in [5.41, 5.74) is 0.985. The van der Waals surface area contributed by atoms with E-state index in [2.05, 4.69) is 10.3 Å². The number of amides is 1. The number of carbonyl (C=O) groups is 1. The molecule has 0 spiro atoms. The molecule has 3 rings (SSSR count). The van der Waals surface area contributed by atoms with Gasteiger partial charge in [0.25, 0.3) is 0 Å². The molecular weight excluding hydrogens is 238 g/mol. The van der Waals surface area contributed by atoms with Crippen LogP contribution in [0.15, 0.2) is 24.4 Å². The molecule has 2 aliphatic rings. The molecule has 0 bridgehead atoms. The highest BCUT2D eigenvalue weighted by Gasteiger charge is 2.36. The van der Waals surface area contributed by atoms with E-state index in [-0.39, 0.29) is 11.9 Å². The summed E-state index contributed by atoms with van der Waals surface area (Å²) in [5, 5.41) is 3.36. The van der Waals surface area contributed by atoms with Gasteiger partial charge in [0.15, 0.2) is 0 Å². The minimum Gasteiger partial charge on any atom is -0.332 e. The average Bonchev–Trinajstić information content (AvgIpc) is 3.31. The van der Waals surface area contributed by atoms with E-state index in [0.717, 1.165) is 37.9 Å². The smallest absolute Gasteiger partial charge is 0.240 e. The third-order valence-electron chi connectivity index (χ3n) is 3.94. The first kappa shape index (κ1) is 12.6. The van der Waals surface area contributed by atoms with Crippen LogP contribution in [0.2, 0.25) is 0 Å². The van der Waals surface area contributed by atoms with Gasteiger partial charge >= 0.3 is 0 Å². The summed E-state index contributed by atoms with van der Waals surface area (Å²) in [6.07, 6.45) is 7.41. The van der Waals surface area contributed by atoms with Crippen LogP contribution >= 0.6 is 0 Å². The molecule has 1 aliphatic carbocycles. The van der Waals surface area contributed by atoms with Crippen molar-refractivity contribution in [2.45, 2.75) is 50.7 Å². The van der Waals surface area contributed by atoms with Gasteiger partial charge in [-0.15, -0.1) is 0 Å². The molecule has 102 valence electrons. The third kappa shape index (κ3) is 3.13. The monoisotopic (exact) mass is 259 g/mol. The van der Waals surface area contributed by atoms with Crippen LogP contribution in [0.1, 0.15) is 37.8 Å². The Bertz CT molecular complexity index is 424. The highest BCUT2D eigenvalue weighted by molar-refractivity contribution is 5.82. The zero-order valence-corrected chi connectivity index (χ0v) is 11.2. The van der Waals surface area contributed by atoms with Crippen molar-refractivity contribution in [2.75, 3.05) is 6.54 Å². The first-order valence-corrected chi connectivity index (χ1v) is 7.28. The quantitative estimate of drug-likeness (QED) is 0.895. The second kappa shape index (κ2) is 5.70. The largest absolute Gasteiger partial charge is 0.332 e. The predicted octanol–water partition coefficient (Wildman–Crippen LogP) is 1.71. The molecule has 1 aromatic rings. The first-order valence-electron chi connectivity index (χ1n) is 7.28. The Labute approximate surface area is 114 Å². The fourth-order valence-corrected chi connectivity index (χ4v) is 2.70.